The molecule has 3 heterocycles. The Morgan fingerprint density at radius 1 is 1.12 bits per heavy atom. The van der Waals surface area contributed by atoms with Gasteiger partial charge in [-0.1, -0.05) is 6.07 Å². The number of imidazole rings is 1. The van der Waals surface area contributed by atoms with E-state index in [0.717, 1.165) is 46.7 Å². The molecule has 2 aromatic heterocycles. The maximum absolute atomic E-state index is 13.4. The van der Waals surface area contributed by atoms with Crippen LogP contribution in [-0.2, 0) is 6.54 Å². The molecular weight excluding hydrogens is 431 g/mol. The van der Waals surface area contributed by atoms with Crippen LogP contribution in [0.4, 0.5) is 4.39 Å². The summed E-state index contributed by atoms with van der Waals surface area (Å²) >= 11 is 0. The predicted molar refractivity (Wildman–Crippen MR) is 129 cm³/mol. The van der Waals surface area contributed by atoms with Crippen LogP contribution >= 0.6 is 0 Å². The number of hydrogen-bond donors (Lipinski definition) is 1. The van der Waals surface area contributed by atoms with Crippen LogP contribution in [0.1, 0.15) is 40.6 Å². The maximum Gasteiger partial charge on any atom is 0.253 e. The molecule has 1 aliphatic rings. The molecule has 1 saturated heterocycles. The predicted octanol–water partition coefficient (Wildman–Crippen LogP) is 4.56. The molecule has 0 saturated carbocycles. The van der Waals surface area contributed by atoms with Gasteiger partial charge in [0.25, 0.3) is 5.91 Å². The maximum atomic E-state index is 13.4. The molecule has 0 radical (unpaired) electrons. The molecule has 0 bridgehead atoms. The second-order valence-electron chi connectivity index (χ2n) is 8.78. The van der Waals surface area contributed by atoms with Crippen molar-refractivity contribution in [2.45, 2.75) is 32.2 Å². The van der Waals surface area contributed by atoms with Crippen molar-refractivity contribution in [3.8, 4) is 11.3 Å². The van der Waals surface area contributed by atoms with E-state index in [1.165, 1.54) is 12.1 Å². The average Bonchev–Trinajstić information content (AvgIpc) is 3.18. The summed E-state index contributed by atoms with van der Waals surface area (Å²) in [6.45, 7) is 3.74. The second kappa shape index (κ2) is 9.35. The van der Waals surface area contributed by atoms with Gasteiger partial charge in [0, 0.05) is 42.4 Å². The minimum absolute atomic E-state index is 0.00403. The van der Waals surface area contributed by atoms with E-state index in [-0.39, 0.29) is 24.2 Å². The van der Waals surface area contributed by atoms with Crippen molar-refractivity contribution in [1.29, 1.82) is 0 Å². The Labute approximate surface area is 197 Å². The first-order valence-corrected chi connectivity index (χ1v) is 11.6. The molecule has 1 atom stereocenters. The fourth-order valence-electron chi connectivity index (χ4n) is 4.81. The van der Waals surface area contributed by atoms with Gasteiger partial charge in [-0.3, -0.25) is 9.78 Å². The van der Waals surface area contributed by atoms with Crippen LogP contribution < -0.4 is 0 Å². The van der Waals surface area contributed by atoms with Crippen LogP contribution in [0.2, 0.25) is 0 Å². The highest BCUT2D eigenvalue weighted by atomic mass is 19.1. The summed E-state index contributed by atoms with van der Waals surface area (Å²) in [7, 11) is 0. The Morgan fingerprint density at radius 2 is 1.94 bits per heavy atom. The van der Waals surface area contributed by atoms with Gasteiger partial charge >= 0.3 is 0 Å². The molecule has 1 amide bonds. The summed E-state index contributed by atoms with van der Waals surface area (Å²) in [6, 6.07) is 17.9. The van der Waals surface area contributed by atoms with Gasteiger partial charge in [-0.15, -0.1) is 0 Å². The topological polar surface area (TPSA) is 71.2 Å². The van der Waals surface area contributed by atoms with E-state index in [1.807, 2.05) is 52.8 Å². The number of benzene rings is 2. The molecule has 1 N–H and O–H groups in total. The zero-order chi connectivity index (χ0) is 23.7. The number of pyridine rings is 1. The molecular formula is C27H27FN4O2. The van der Waals surface area contributed by atoms with Gasteiger partial charge in [-0.2, -0.15) is 0 Å². The summed E-state index contributed by atoms with van der Waals surface area (Å²) in [5, 5.41) is 9.32. The van der Waals surface area contributed by atoms with Gasteiger partial charge in [0.2, 0.25) is 0 Å². The number of hydrogen-bond acceptors (Lipinski definition) is 4. The summed E-state index contributed by atoms with van der Waals surface area (Å²) < 4.78 is 15.3. The smallest absolute Gasteiger partial charge is 0.253 e. The summed E-state index contributed by atoms with van der Waals surface area (Å²) in [6.07, 6.45) is 1.87. The van der Waals surface area contributed by atoms with E-state index >= 15 is 0 Å². The van der Waals surface area contributed by atoms with E-state index in [4.69, 9.17) is 4.98 Å². The lowest BCUT2D eigenvalue weighted by atomic mass is 9.93. The molecule has 6 nitrogen and oxygen atoms in total. The molecule has 34 heavy (non-hydrogen) atoms. The third-order valence-corrected chi connectivity index (χ3v) is 6.55. The Bertz CT molecular complexity index is 1330. The second-order valence-corrected chi connectivity index (χ2v) is 8.78. The lowest BCUT2D eigenvalue weighted by Crippen LogP contribution is -2.39. The van der Waals surface area contributed by atoms with Crippen LogP contribution in [0, 0.1) is 12.7 Å². The van der Waals surface area contributed by atoms with Gasteiger partial charge in [0.1, 0.15) is 11.6 Å². The number of halogens is 1. The number of piperidine rings is 1. The molecule has 5 rings (SSSR count). The Balaban J connectivity index is 1.36. The van der Waals surface area contributed by atoms with Crippen LogP contribution in [0.5, 0.6) is 0 Å². The van der Waals surface area contributed by atoms with E-state index in [9.17, 15) is 14.3 Å². The number of nitrogens with zero attached hydrogens (tertiary/aromatic N) is 4. The lowest BCUT2D eigenvalue weighted by Gasteiger charge is -2.32. The fraction of sp³-hybridized carbons (Fsp3) is 0.296. The van der Waals surface area contributed by atoms with Crippen LogP contribution in [0.25, 0.3) is 22.3 Å². The largest absolute Gasteiger partial charge is 0.395 e. The summed E-state index contributed by atoms with van der Waals surface area (Å²) in [5.74, 6) is 0.692. The molecule has 1 aliphatic heterocycles. The standard InChI is InChI=1S/C27H27FN4O2/c1-18-29-25-16-20(9-12-26(25)32(18)14-15-33)27(34)31-13-3-4-21(17-31)24-6-2-5-23(30-24)19-7-10-22(28)11-8-19/h2,5-12,16,21,33H,3-4,13-15,17H2,1H3/t21-/m0/s1. The van der Waals surface area contributed by atoms with Crippen molar-refractivity contribution >= 4 is 16.9 Å². The number of aryl methyl sites for hydroxylation is 1. The van der Waals surface area contributed by atoms with Crippen molar-refractivity contribution in [2.75, 3.05) is 19.7 Å². The third-order valence-electron chi connectivity index (χ3n) is 6.55. The van der Waals surface area contributed by atoms with E-state index in [2.05, 4.69) is 4.98 Å². The number of rotatable bonds is 5. The molecule has 1 fully saturated rings. The van der Waals surface area contributed by atoms with E-state index in [1.54, 1.807) is 12.1 Å². The van der Waals surface area contributed by atoms with Crippen molar-refractivity contribution in [1.82, 2.24) is 19.4 Å². The zero-order valence-electron chi connectivity index (χ0n) is 19.1. The molecule has 0 unspecified atom stereocenters. The molecule has 0 spiro atoms. The van der Waals surface area contributed by atoms with Crippen LogP contribution in [0.15, 0.2) is 60.7 Å². The number of carbonyl (C=O) groups excluding carboxylic acids is 1. The molecule has 174 valence electrons. The fourth-order valence-corrected chi connectivity index (χ4v) is 4.81. The average molecular weight is 459 g/mol. The van der Waals surface area contributed by atoms with E-state index < -0.39 is 0 Å². The number of carbonyl (C=O) groups is 1. The first kappa shape index (κ1) is 22.2. The number of fused-ring (bicyclic) bond motifs is 1. The van der Waals surface area contributed by atoms with Crippen LogP contribution in [-0.4, -0.2) is 50.1 Å². The highest BCUT2D eigenvalue weighted by Gasteiger charge is 2.27. The summed E-state index contributed by atoms with van der Waals surface area (Å²) in [5.41, 5.74) is 4.93. The highest BCUT2D eigenvalue weighted by Crippen LogP contribution is 2.29. The minimum Gasteiger partial charge on any atom is -0.395 e. The van der Waals surface area contributed by atoms with Crippen molar-refractivity contribution < 1.29 is 14.3 Å². The number of aliphatic hydroxyl groups is 1. The van der Waals surface area contributed by atoms with Gasteiger partial charge in [0.05, 0.1) is 23.3 Å². The number of aromatic nitrogens is 3. The summed E-state index contributed by atoms with van der Waals surface area (Å²) in [4.78, 5) is 24.7. The van der Waals surface area contributed by atoms with Crippen LogP contribution in [0.3, 0.4) is 0 Å². The SMILES string of the molecule is Cc1nc2cc(C(=O)N3CCC[C@H](c4cccc(-c5ccc(F)cc5)n4)C3)ccc2n1CCO. The molecule has 7 heteroatoms. The highest BCUT2D eigenvalue weighted by molar-refractivity contribution is 5.97. The van der Waals surface area contributed by atoms with Gasteiger partial charge < -0.3 is 14.6 Å². The van der Waals surface area contributed by atoms with Crippen molar-refractivity contribution in [3.63, 3.8) is 0 Å². The Hall–Kier alpha value is -3.58. The van der Waals surface area contributed by atoms with E-state index in [0.29, 0.717) is 25.2 Å². The zero-order valence-corrected chi connectivity index (χ0v) is 19.1. The van der Waals surface area contributed by atoms with Crippen molar-refractivity contribution in [3.05, 3.63) is 83.6 Å². The van der Waals surface area contributed by atoms with Gasteiger partial charge in [0.15, 0.2) is 0 Å². The quantitative estimate of drug-likeness (QED) is 0.476. The number of amides is 1. The monoisotopic (exact) mass is 458 g/mol. The number of likely N-dealkylation sites (tertiary alicyclic amines) is 1. The molecule has 0 aliphatic carbocycles. The minimum atomic E-state index is -0.269. The molecule has 2 aromatic carbocycles. The first-order chi connectivity index (χ1) is 16.5. The lowest BCUT2D eigenvalue weighted by molar-refractivity contribution is 0.0706. The molecule has 4 aromatic rings. The van der Waals surface area contributed by atoms with Gasteiger partial charge in [-0.25, -0.2) is 9.37 Å². The Kier molecular flexibility index (Phi) is 6.11. The van der Waals surface area contributed by atoms with Crippen molar-refractivity contribution in [2.24, 2.45) is 0 Å². The first-order valence-electron chi connectivity index (χ1n) is 11.6. The third kappa shape index (κ3) is 4.31. The number of aliphatic hydroxyl groups excluding tert-OH is 1. The normalized spacial score (nSPS) is 16.2. The van der Waals surface area contributed by atoms with Gasteiger partial charge in [-0.05, 0) is 74.4 Å². The Morgan fingerprint density at radius 3 is 2.74 bits per heavy atom.